The van der Waals surface area contributed by atoms with Gasteiger partial charge in [0.25, 0.3) is 5.91 Å². The number of amides is 1. The van der Waals surface area contributed by atoms with Crippen LogP contribution in [0, 0.1) is 11.3 Å². The Morgan fingerprint density at radius 1 is 1.08 bits per heavy atom. The van der Waals surface area contributed by atoms with Gasteiger partial charge >= 0.3 is 6.36 Å². The molecule has 2 N–H and O–H groups in total. The van der Waals surface area contributed by atoms with Crippen LogP contribution in [0.2, 0.25) is 0 Å². The second-order valence-electron chi connectivity index (χ2n) is 7.28. The highest BCUT2D eigenvalue weighted by Gasteiger charge is 2.31. The molecule has 0 atom stereocenters. The van der Waals surface area contributed by atoms with E-state index in [0.29, 0.717) is 11.1 Å². The first-order chi connectivity index (χ1) is 17.6. The van der Waals surface area contributed by atoms with E-state index < -0.39 is 12.3 Å². The average molecular weight is 515 g/mol. The number of ether oxygens (including phenoxy) is 4. The zero-order valence-corrected chi connectivity index (χ0v) is 19.5. The van der Waals surface area contributed by atoms with Crippen LogP contribution in [0.1, 0.15) is 27.0 Å². The highest BCUT2D eigenvalue weighted by Crippen LogP contribution is 2.39. The minimum Gasteiger partial charge on any atom is -0.507 e. The molecule has 0 spiro atoms. The number of benzene rings is 3. The molecule has 0 saturated carbocycles. The van der Waals surface area contributed by atoms with E-state index in [0.717, 1.165) is 0 Å². The normalized spacial score (nSPS) is 11.0. The third-order valence-corrected chi connectivity index (χ3v) is 4.78. The maximum atomic E-state index is 12.3. The van der Waals surface area contributed by atoms with Crippen molar-refractivity contribution in [2.75, 3.05) is 14.2 Å². The number of phenolic OH excluding ortho intramolecular Hbond substituents is 1. The van der Waals surface area contributed by atoms with E-state index in [1.165, 1.54) is 62.9 Å². The van der Waals surface area contributed by atoms with Crippen LogP contribution in [0.15, 0.2) is 59.7 Å². The second kappa shape index (κ2) is 11.7. The summed E-state index contributed by atoms with van der Waals surface area (Å²) in [5.74, 6) is -0.384. The fraction of sp³-hybridized carbons (Fsp3) is 0.160. The van der Waals surface area contributed by atoms with E-state index in [2.05, 4.69) is 15.3 Å². The van der Waals surface area contributed by atoms with Crippen molar-refractivity contribution in [2.45, 2.75) is 13.0 Å². The number of hydrogen-bond donors (Lipinski definition) is 2. The summed E-state index contributed by atoms with van der Waals surface area (Å²) >= 11 is 0. The third-order valence-electron chi connectivity index (χ3n) is 4.78. The summed E-state index contributed by atoms with van der Waals surface area (Å²) in [6.45, 7) is -0.000172. The Balaban J connectivity index is 1.70. The number of halogens is 3. The molecule has 0 bridgehead atoms. The maximum absolute atomic E-state index is 12.3. The van der Waals surface area contributed by atoms with E-state index in [-0.39, 0.29) is 46.5 Å². The number of aromatic hydroxyl groups is 1. The van der Waals surface area contributed by atoms with E-state index >= 15 is 0 Å². The number of nitrogens with zero attached hydrogens (tertiary/aromatic N) is 2. The van der Waals surface area contributed by atoms with Crippen LogP contribution in [-0.4, -0.2) is 37.8 Å². The predicted molar refractivity (Wildman–Crippen MR) is 125 cm³/mol. The Bertz CT molecular complexity index is 1310. The monoisotopic (exact) mass is 515 g/mol. The van der Waals surface area contributed by atoms with Crippen LogP contribution in [0.5, 0.6) is 28.7 Å². The van der Waals surface area contributed by atoms with Crippen molar-refractivity contribution in [3.8, 4) is 34.8 Å². The minimum absolute atomic E-state index is 0.000172. The molecular weight excluding hydrogens is 495 g/mol. The zero-order valence-electron chi connectivity index (χ0n) is 19.5. The molecule has 0 aromatic heterocycles. The Labute approximate surface area is 209 Å². The van der Waals surface area contributed by atoms with E-state index in [9.17, 15) is 23.1 Å². The number of rotatable bonds is 9. The van der Waals surface area contributed by atoms with Crippen LogP contribution in [0.3, 0.4) is 0 Å². The number of alkyl halides is 3. The maximum Gasteiger partial charge on any atom is 0.573 e. The van der Waals surface area contributed by atoms with Crippen LogP contribution < -0.4 is 24.4 Å². The van der Waals surface area contributed by atoms with Crippen molar-refractivity contribution in [3.05, 3.63) is 76.9 Å². The lowest BCUT2D eigenvalue weighted by molar-refractivity contribution is -0.274. The topological polar surface area (TPSA) is 122 Å². The van der Waals surface area contributed by atoms with Gasteiger partial charge in [0.1, 0.15) is 24.2 Å². The quantitative estimate of drug-likeness (QED) is 0.317. The summed E-state index contributed by atoms with van der Waals surface area (Å²) in [5.41, 5.74) is 3.45. The first-order valence-electron chi connectivity index (χ1n) is 10.4. The summed E-state index contributed by atoms with van der Waals surface area (Å²) in [6, 6.07) is 13.9. The molecule has 1 amide bonds. The molecule has 37 heavy (non-hydrogen) atoms. The highest BCUT2D eigenvalue weighted by atomic mass is 19.4. The van der Waals surface area contributed by atoms with E-state index in [1.807, 2.05) is 0 Å². The SMILES string of the molecule is COc1cc(C=NNC(=O)c2ccc(O)c(C#N)c2)cc(OC)c1OCc1ccc(OC(F)(F)F)cc1. The first kappa shape index (κ1) is 26.7. The van der Waals surface area contributed by atoms with Gasteiger partial charge in [-0.3, -0.25) is 4.79 Å². The molecule has 9 nitrogen and oxygen atoms in total. The summed E-state index contributed by atoms with van der Waals surface area (Å²) in [7, 11) is 2.82. The third kappa shape index (κ3) is 7.28. The van der Waals surface area contributed by atoms with Gasteiger partial charge in [-0.2, -0.15) is 10.4 Å². The molecule has 0 unspecified atom stereocenters. The Hall–Kier alpha value is -4.92. The van der Waals surface area contributed by atoms with Gasteiger partial charge in [0.2, 0.25) is 5.75 Å². The van der Waals surface area contributed by atoms with Crippen LogP contribution in [-0.2, 0) is 6.61 Å². The van der Waals surface area contributed by atoms with Gasteiger partial charge in [-0.05, 0) is 48.0 Å². The molecular formula is C25H20F3N3O6. The molecule has 0 fully saturated rings. The lowest BCUT2D eigenvalue weighted by Gasteiger charge is -2.15. The zero-order chi connectivity index (χ0) is 27.0. The number of phenols is 1. The number of hydrazone groups is 1. The standard InChI is InChI=1S/C25H20F3N3O6/c1-34-21-9-16(13-30-31-24(33)17-5-8-20(32)18(11-17)12-29)10-22(35-2)23(21)36-14-15-3-6-19(7-4-15)37-25(26,27)28/h3-11,13,32H,14H2,1-2H3,(H,31,33). The Morgan fingerprint density at radius 2 is 1.73 bits per heavy atom. The number of carbonyl (C=O) groups is 1. The predicted octanol–water partition coefficient (Wildman–Crippen LogP) is 4.52. The van der Waals surface area contributed by atoms with Crippen LogP contribution in [0.25, 0.3) is 0 Å². The van der Waals surface area contributed by atoms with Gasteiger partial charge < -0.3 is 24.1 Å². The smallest absolute Gasteiger partial charge is 0.507 e. The number of hydrogen-bond acceptors (Lipinski definition) is 8. The number of methoxy groups -OCH3 is 2. The van der Waals surface area contributed by atoms with Gasteiger partial charge in [0.05, 0.1) is 26.0 Å². The van der Waals surface area contributed by atoms with Gasteiger partial charge in [-0.25, -0.2) is 5.43 Å². The summed E-state index contributed by atoms with van der Waals surface area (Å²) in [6.07, 6.45) is -3.45. The Morgan fingerprint density at radius 3 is 2.30 bits per heavy atom. The molecule has 12 heteroatoms. The fourth-order valence-corrected chi connectivity index (χ4v) is 3.06. The summed E-state index contributed by atoms with van der Waals surface area (Å²) < 4.78 is 57.4. The number of nitrogens with one attached hydrogen (secondary N) is 1. The van der Waals surface area contributed by atoms with Crippen molar-refractivity contribution in [2.24, 2.45) is 5.10 Å². The van der Waals surface area contributed by atoms with Crippen LogP contribution in [0.4, 0.5) is 13.2 Å². The van der Waals surface area contributed by atoms with Gasteiger partial charge in [0, 0.05) is 11.1 Å². The van der Waals surface area contributed by atoms with E-state index in [1.54, 1.807) is 18.2 Å². The molecule has 192 valence electrons. The van der Waals surface area contributed by atoms with Gasteiger partial charge in [-0.1, -0.05) is 12.1 Å². The Kier molecular flexibility index (Phi) is 8.42. The minimum atomic E-state index is -4.78. The largest absolute Gasteiger partial charge is 0.573 e. The molecule has 0 heterocycles. The molecule has 0 saturated heterocycles. The van der Waals surface area contributed by atoms with Crippen molar-refractivity contribution < 1.29 is 42.0 Å². The van der Waals surface area contributed by atoms with Crippen molar-refractivity contribution >= 4 is 12.1 Å². The molecule has 3 aromatic carbocycles. The molecule has 0 radical (unpaired) electrons. The van der Waals surface area contributed by atoms with Crippen molar-refractivity contribution in [3.63, 3.8) is 0 Å². The molecule has 3 aromatic rings. The number of nitriles is 1. The molecule has 0 aliphatic heterocycles. The molecule has 0 aliphatic carbocycles. The first-order valence-corrected chi connectivity index (χ1v) is 10.4. The lowest BCUT2D eigenvalue weighted by Crippen LogP contribution is -2.17. The van der Waals surface area contributed by atoms with Crippen molar-refractivity contribution in [1.82, 2.24) is 5.43 Å². The van der Waals surface area contributed by atoms with Crippen molar-refractivity contribution in [1.29, 1.82) is 5.26 Å². The second-order valence-corrected chi connectivity index (χ2v) is 7.28. The van der Waals surface area contributed by atoms with Gasteiger partial charge in [0.15, 0.2) is 11.5 Å². The number of carbonyl (C=O) groups excluding carboxylic acids is 1. The average Bonchev–Trinajstić information content (AvgIpc) is 2.87. The summed E-state index contributed by atoms with van der Waals surface area (Å²) in [4.78, 5) is 12.3. The summed E-state index contributed by atoms with van der Waals surface area (Å²) in [5, 5.41) is 22.4. The molecule has 0 aliphatic rings. The fourth-order valence-electron chi connectivity index (χ4n) is 3.06. The van der Waals surface area contributed by atoms with Gasteiger partial charge in [-0.15, -0.1) is 13.2 Å². The highest BCUT2D eigenvalue weighted by molar-refractivity contribution is 5.95. The lowest BCUT2D eigenvalue weighted by atomic mass is 10.1. The van der Waals surface area contributed by atoms with Crippen LogP contribution >= 0.6 is 0 Å². The molecule has 3 rings (SSSR count). The van der Waals surface area contributed by atoms with E-state index in [4.69, 9.17) is 19.5 Å².